The zero-order valence-corrected chi connectivity index (χ0v) is 18.0. The highest BCUT2D eigenvalue weighted by Gasteiger charge is 2.35. The van der Waals surface area contributed by atoms with Gasteiger partial charge in [0.25, 0.3) is 11.7 Å². The fraction of sp³-hybridized carbons (Fsp3) is 0.500. The van der Waals surface area contributed by atoms with E-state index in [1.54, 1.807) is 0 Å². The molecule has 164 valence electrons. The van der Waals surface area contributed by atoms with Crippen LogP contribution >= 0.6 is 0 Å². The molecular weight excluding hydrogens is 392 g/mol. The summed E-state index contributed by atoms with van der Waals surface area (Å²) in [6.45, 7) is 6.31. The van der Waals surface area contributed by atoms with Crippen LogP contribution in [0.25, 0.3) is 0 Å². The molecule has 1 aromatic carbocycles. The molecule has 7 nitrogen and oxygen atoms in total. The number of anilines is 1. The summed E-state index contributed by atoms with van der Waals surface area (Å²) in [6, 6.07) is 12.8. The summed E-state index contributed by atoms with van der Waals surface area (Å²) in [5.41, 5.74) is 1.26. The number of likely N-dealkylation sites (tertiary alicyclic amines) is 1. The second kappa shape index (κ2) is 9.14. The lowest BCUT2D eigenvalue weighted by Gasteiger charge is -2.32. The number of hydrogen-bond donors (Lipinski definition) is 1. The zero-order valence-electron chi connectivity index (χ0n) is 18.0. The molecule has 1 aromatic heterocycles. The minimum Gasteiger partial charge on any atom is -0.490 e. The molecule has 0 saturated carbocycles. The summed E-state index contributed by atoms with van der Waals surface area (Å²) in [5, 5.41) is 0. The number of pyridine rings is 1. The molecule has 7 heteroatoms. The lowest BCUT2D eigenvalue weighted by atomic mass is 10.0. The van der Waals surface area contributed by atoms with E-state index in [1.807, 2.05) is 29.3 Å². The maximum atomic E-state index is 13.1. The van der Waals surface area contributed by atoms with Gasteiger partial charge < -0.3 is 19.3 Å². The van der Waals surface area contributed by atoms with Gasteiger partial charge in [-0.1, -0.05) is 6.07 Å². The fourth-order valence-electron chi connectivity index (χ4n) is 5.01. The Kier molecular flexibility index (Phi) is 5.93. The van der Waals surface area contributed by atoms with Gasteiger partial charge in [-0.25, -0.2) is 4.98 Å². The van der Waals surface area contributed by atoms with Crippen molar-refractivity contribution < 1.29 is 24.2 Å². The molecule has 1 unspecified atom stereocenters. The van der Waals surface area contributed by atoms with Crippen LogP contribution in [-0.4, -0.2) is 63.3 Å². The number of ether oxygens (including phenoxy) is 2. The number of H-pyrrole nitrogens is 1. The summed E-state index contributed by atoms with van der Waals surface area (Å²) < 4.78 is 11.7. The first-order valence-electron chi connectivity index (χ1n) is 11.5. The van der Waals surface area contributed by atoms with E-state index < -0.39 is 0 Å². The van der Waals surface area contributed by atoms with Crippen LogP contribution in [0.2, 0.25) is 0 Å². The van der Waals surface area contributed by atoms with Crippen molar-refractivity contribution in [3.8, 4) is 11.5 Å². The number of hydrogen-bond acceptors (Lipinski definition) is 4. The van der Waals surface area contributed by atoms with Gasteiger partial charge in [-0.3, -0.25) is 9.69 Å². The molecule has 0 spiro atoms. The average Bonchev–Trinajstić information content (AvgIpc) is 3.15. The number of nitrogens with one attached hydrogen (secondary N) is 2. The van der Waals surface area contributed by atoms with Crippen LogP contribution < -0.4 is 24.3 Å². The van der Waals surface area contributed by atoms with E-state index in [-0.39, 0.29) is 5.91 Å². The lowest BCUT2D eigenvalue weighted by molar-refractivity contribution is -0.910. The summed E-state index contributed by atoms with van der Waals surface area (Å²) in [6.07, 6.45) is 5.12. The molecule has 2 atom stereocenters. The average molecular weight is 425 g/mol. The Morgan fingerprint density at radius 3 is 2.68 bits per heavy atom. The molecular formula is C24H32N4O3+2. The fourth-order valence-corrected chi connectivity index (χ4v) is 5.01. The van der Waals surface area contributed by atoms with Crippen LogP contribution in [0, 0.1) is 0 Å². The number of carbonyl (C=O) groups excluding carboxylic acids is 1. The molecule has 5 rings (SSSR count). The van der Waals surface area contributed by atoms with Gasteiger partial charge in [0.15, 0.2) is 18.0 Å². The van der Waals surface area contributed by atoms with E-state index in [4.69, 9.17) is 9.47 Å². The van der Waals surface area contributed by atoms with Crippen molar-refractivity contribution in [3.05, 3.63) is 48.2 Å². The van der Waals surface area contributed by atoms with Crippen molar-refractivity contribution in [2.75, 3.05) is 57.4 Å². The normalized spacial score (nSPS) is 23.5. The van der Waals surface area contributed by atoms with E-state index >= 15 is 0 Å². The second-order valence-corrected chi connectivity index (χ2v) is 8.65. The highest BCUT2D eigenvalue weighted by molar-refractivity contribution is 5.77. The van der Waals surface area contributed by atoms with Gasteiger partial charge in [0.05, 0.1) is 39.0 Å². The van der Waals surface area contributed by atoms with Crippen LogP contribution in [0.15, 0.2) is 42.6 Å². The SMILES string of the molecule is O=C(C[NH+]1CCC[C@H]1c1ccc2c(c1)OCCCO2)N1CCN(c2cccc[nH+]2)CC1. The van der Waals surface area contributed by atoms with Crippen molar-refractivity contribution in [2.24, 2.45) is 0 Å². The Labute approximate surface area is 183 Å². The largest absolute Gasteiger partial charge is 0.490 e. The summed E-state index contributed by atoms with van der Waals surface area (Å²) in [7, 11) is 0. The summed E-state index contributed by atoms with van der Waals surface area (Å²) >= 11 is 0. The Morgan fingerprint density at radius 1 is 1.03 bits per heavy atom. The van der Waals surface area contributed by atoms with Gasteiger partial charge >= 0.3 is 0 Å². The van der Waals surface area contributed by atoms with Crippen molar-refractivity contribution in [1.82, 2.24) is 4.90 Å². The molecule has 2 fully saturated rings. The van der Waals surface area contributed by atoms with Gasteiger partial charge in [-0.2, -0.15) is 0 Å². The van der Waals surface area contributed by atoms with Gasteiger partial charge in [-0.15, -0.1) is 0 Å². The number of amides is 1. The maximum absolute atomic E-state index is 13.1. The topological polar surface area (TPSA) is 60.6 Å². The van der Waals surface area contributed by atoms with Crippen molar-refractivity contribution in [1.29, 1.82) is 0 Å². The first kappa shape index (κ1) is 20.1. The molecule has 2 saturated heterocycles. The van der Waals surface area contributed by atoms with E-state index in [0.717, 1.165) is 69.3 Å². The van der Waals surface area contributed by atoms with Crippen LogP contribution in [0.5, 0.6) is 11.5 Å². The van der Waals surface area contributed by atoms with Gasteiger partial charge in [0, 0.05) is 30.9 Å². The number of fused-ring (bicyclic) bond motifs is 1. The van der Waals surface area contributed by atoms with Crippen molar-refractivity contribution in [3.63, 3.8) is 0 Å². The standard InChI is InChI=1S/C24H30N4O3/c29-24(27-13-11-26(12-14-27)23-6-1-2-9-25-23)18-28-10-3-5-20(28)19-7-8-21-22(17-19)31-16-4-15-30-21/h1-2,6-9,17,20H,3-5,10-16,18H2/p+2/t20-/m0/s1. The molecule has 2 N–H and O–H groups in total. The highest BCUT2D eigenvalue weighted by Crippen LogP contribution is 2.33. The molecule has 2 aromatic rings. The van der Waals surface area contributed by atoms with Gasteiger partial charge in [0.1, 0.15) is 19.1 Å². The molecule has 31 heavy (non-hydrogen) atoms. The molecule has 1 amide bonds. The van der Waals surface area contributed by atoms with Crippen LogP contribution in [0.1, 0.15) is 30.9 Å². The number of piperazine rings is 1. The number of quaternary nitrogens is 1. The molecule has 0 aliphatic carbocycles. The number of aromatic amines is 1. The second-order valence-electron chi connectivity index (χ2n) is 8.65. The molecule has 3 aliphatic rings. The monoisotopic (exact) mass is 424 g/mol. The first-order valence-corrected chi connectivity index (χ1v) is 11.5. The third kappa shape index (κ3) is 4.46. The smallest absolute Gasteiger partial charge is 0.278 e. The minimum absolute atomic E-state index is 0.271. The Hall–Kier alpha value is -2.80. The Morgan fingerprint density at radius 2 is 1.87 bits per heavy atom. The van der Waals surface area contributed by atoms with E-state index in [2.05, 4.69) is 28.1 Å². The van der Waals surface area contributed by atoms with E-state index in [1.165, 1.54) is 10.5 Å². The zero-order chi connectivity index (χ0) is 21.0. The number of benzene rings is 1. The molecule has 0 radical (unpaired) electrons. The number of rotatable bonds is 4. The van der Waals surface area contributed by atoms with Gasteiger partial charge in [-0.05, 0) is 24.3 Å². The van der Waals surface area contributed by atoms with Crippen LogP contribution in [-0.2, 0) is 4.79 Å². The Bertz CT molecular complexity index is 899. The summed E-state index contributed by atoms with van der Waals surface area (Å²) in [5.74, 6) is 3.08. The number of nitrogens with zero attached hydrogens (tertiary/aromatic N) is 2. The van der Waals surface area contributed by atoms with Crippen LogP contribution in [0.3, 0.4) is 0 Å². The lowest BCUT2D eigenvalue weighted by Crippen LogP contribution is -3.11. The van der Waals surface area contributed by atoms with E-state index in [9.17, 15) is 4.79 Å². The number of carbonyl (C=O) groups is 1. The molecule has 0 bridgehead atoms. The van der Waals surface area contributed by atoms with E-state index in [0.29, 0.717) is 25.8 Å². The third-order valence-corrected chi connectivity index (χ3v) is 6.70. The first-order chi connectivity index (χ1) is 15.3. The predicted octanol–water partition coefficient (Wildman–Crippen LogP) is 0.731. The van der Waals surface area contributed by atoms with Gasteiger partial charge in [0.2, 0.25) is 0 Å². The number of aromatic nitrogens is 1. The molecule has 4 heterocycles. The van der Waals surface area contributed by atoms with Crippen molar-refractivity contribution >= 4 is 11.7 Å². The molecule has 3 aliphatic heterocycles. The summed E-state index contributed by atoms with van der Waals surface area (Å²) in [4.78, 5) is 22.1. The Balaban J connectivity index is 1.20. The minimum atomic E-state index is 0.271. The third-order valence-electron chi connectivity index (χ3n) is 6.70. The predicted molar refractivity (Wildman–Crippen MR) is 117 cm³/mol. The maximum Gasteiger partial charge on any atom is 0.278 e. The quantitative estimate of drug-likeness (QED) is 0.786. The van der Waals surface area contributed by atoms with Crippen LogP contribution in [0.4, 0.5) is 5.82 Å². The van der Waals surface area contributed by atoms with Crippen molar-refractivity contribution in [2.45, 2.75) is 25.3 Å². The highest BCUT2D eigenvalue weighted by atomic mass is 16.5.